The molecule has 0 saturated carbocycles. The molecule has 3 unspecified atom stereocenters. The Bertz CT molecular complexity index is 495. The third-order valence-corrected chi connectivity index (χ3v) is 4.15. The first-order valence-electron chi connectivity index (χ1n) is 6.93. The van der Waals surface area contributed by atoms with Crippen molar-refractivity contribution in [1.82, 2.24) is 9.78 Å². The van der Waals surface area contributed by atoms with E-state index in [1.165, 1.54) is 0 Å². The fourth-order valence-electron chi connectivity index (χ4n) is 3.21. The summed E-state index contributed by atoms with van der Waals surface area (Å²) in [7, 11) is 1.58. The van der Waals surface area contributed by atoms with E-state index in [9.17, 15) is 4.79 Å². The quantitative estimate of drug-likeness (QED) is 0.782. The zero-order valence-electron chi connectivity index (χ0n) is 11.6. The number of ether oxygens (including phenoxy) is 2. The highest BCUT2D eigenvalue weighted by atomic mass is 16.5. The molecular weight excluding hydrogens is 244 g/mol. The maximum absolute atomic E-state index is 12.8. The van der Waals surface area contributed by atoms with Crippen molar-refractivity contribution in [2.24, 2.45) is 5.92 Å². The van der Waals surface area contributed by atoms with Gasteiger partial charge in [-0.05, 0) is 33.1 Å². The monoisotopic (exact) mass is 264 g/mol. The molecule has 3 rings (SSSR count). The maximum Gasteiger partial charge on any atom is 0.190 e. The molecule has 5 heteroatoms. The van der Waals surface area contributed by atoms with Gasteiger partial charge in [0.25, 0.3) is 0 Å². The van der Waals surface area contributed by atoms with Crippen molar-refractivity contribution in [1.29, 1.82) is 0 Å². The first-order chi connectivity index (χ1) is 9.11. The van der Waals surface area contributed by atoms with Crippen LogP contribution in [-0.4, -0.2) is 34.9 Å². The Balaban J connectivity index is 1.92. The molecule has 19 heavy (non-hydrogen) atoms. The van der Waals surface area contributed by atoms with E-state index in [-0.39, 0.29) is 30.0 Å². The summed E-state index contributed by atoms with van der Waals surface area (Å²) in [4.78, 5) is 12.8. The van der Waals surface area contributed by atoms with Crippen LogP contribution < -0.4 is 4.74 Å². The summed E-state index contributed by atoms with van der Waals surface area (Å²) in [6.45, 7) is 4.03. The van der Waals surface area contributed by atoms with Gasteiger partial charge in [-0.15, -0.1) is 0 Å². The van der Waals surface area contributed by atoms with Crippen LogP contribution >= 0.6 is 0 Å². The predicted molar refractivity (Wildman–Crippen MR) is 69.5 cm³/mol. The number of rotatable bonds is 4. The summed E-state index contributed by atoms with van der Waals surface area (Å²) < 4.78 is 12.8. The first kappa shape index (κ1) is 12.7. The van der Waals surface area contributed by atoms with E-state index < -0.39 is 0 Å². The van der Waals surface area contributed by atoms with E-state index >= 15 is 0 Å². The van der Waals surface area contributed by atoms with Crippen LogP contribution in [0.1, 0.15) is 49.6 Å². The van der Waals surface area contributed by atoms with Gasteiger partial charge in [0.05, 0.1) is 31.4 Å². The number of aromatic nitrogens is 2. The molecule has 0 amide bonds. The van der Waals surface area contributed by atoms with Crippen LogP contribution in [0.4, 0.5) is 0 Å². The average Bonchev–Trinajstić information content (AvgIpc) is 3.11. The van der Waals surface area contributed by atoms with Gasteiger partial charge in [-0.25, -0.2) is 0 Å². The Morgan fingerprint density at radius 2 is 2.32 bits per heavy atom. The predicted octanol–water partition coefficient (Wildman–Crippen LogP) is 2.22. The Morgan fingerprint density at radius 3 is 2.84 bits per heavy atom. The molecule has 5 nitrogen and oxygen atoms in total. The van der Waals surface area contributed by atoms with Crippen molar-refractivity contribution in [3.05, 3.63) is 11.9 Å². The second kappa shape index (κ2) is 4.63. The Labute approximate surface area is 112 Å². The summed E-state index contributed by atoms with van der Waals surface area (Å²) in [5.41, 5.74) is 0.596. The fraction of sp³-hybridized carbons (Fsp3) is 0.714. The zero-order chi connectivity index (χ0) is 13.6. The van der Waals surface area contributed by atoms with Crippen LogP contribution in [0.15, 0.2) is 6.20 Å². The number of nitrogens with zero attached hydrogens (tertiary/aromatic N) is 2. The standard InChI is InChI=1S/C14H20N2O3/c1-8(2)16-13(12(18-3)7-15-16)14(17)10-6-9-4-5-11(10)19-9/h7-11H,4-6H2,1-3H3. The Kier molecular flexibility index (Phi) is 3.09. The molecular formula is C14H20N2O3. The van der Waals surface area contributed by atoms with Gasteiger partial charge in [-0.2, -0.15) is 5.10 Å². The molecule has 1 aromatic heterocycles. The van der Waals surface area contributed by atoms with E-state index in [1.807, 2.05) is 13.8 Å². The number of carbonyl (C=O) groups excluding carboxylic acids is 1. The number of Topliss-reactive ketones (excluding diaryl/α,β-unsaturated/α-hetero) is 1. The lowest BCUT2D eigenvalue weighted by molar-refractivity contribution is 0.0731. The molecule has 2 fully saturated rings. The van der Waals surface area contributed by atoms with E-state index in [0.717, 1.165) is 19.3 Å². The van der Waals surface area contributed by atoms with E-state index in [1.54, 1.807) is 18.0 Å². The lowest BCUT2D eigenvalue weighted by Crippen LogP contribution is -2.28. The summed E-state index contributed by atoms with van der Waals surface area (Å²) >= 11 is 0. The average molecular weight is 264 g/mol. The lowest BCUT2D eigenvalue weighted by Gasteiger charge is -2.19. The third-order valence-electron chi connectivity index (χ3n) is 4.15. The minimum Gasteiger partial charge on any atom is -0.493 e. The van der Waals surface area contributed by atoms with Crippen molar-refractivity contribution in [2.45, 2.75) is 51.4 Å². The molecule has 2 saturated heterocycles. The highest BCUT2D eigenvalue weighted by molar-refractivity contribution is 5.99. The van der Waals surface area contributed by atoms with Gasteiger partial charge in [0, 0.05) is 6.04 Å². The second-order valence-electron chi connectivity index (χ2n) is 5.68. The molecule has 104 valence electrons. The van der Waals surface area contributed by atoms with Gasteiger partial charge in [0.1, 0.15) is 5.69 Å². The van der Waals surface area contributed by atoms with E-state index in [4.69, 9.17) is 9.47 Å². The topological polar surface area (TPSA) is 53.4 Å². The van der Waals surface area contributed by atoms with Crippen LogP contribution in [0.25, 0.3) is 0 Å². The fourth-order valence-corrected chi connectivity index (χ4v) is 3.21. The van der Waals surface area contributed by atoms with Crippen LogP contribution in [0.2, 0.25) is 0 Å². The van der Waals surface area contributed by atoms with Gasteiger partial charge in [0.15, 0.2) is 11.5 Å². The zero-order valence-corrected chi connectivity index (χ0v) is 11.6. The normalized spacial score (nSPS) is 29.2. The largest absolute Gasteiger partial charge is 0.493 e. The summed E-state index contributed by atoms with van der Waals surface area (Å²) in [5, 5.41) is 4.27. The van der Waals surface area contributed by atoms with Gasteiger partial charge in [-0.3, -0.25) is 9.48 Å². The number of hydrogen-bond donors (Lipinski definition) is 0. The molecule has 2 aliphatic rings. The highest BCUT2D eigenvalue weighted by Gasteiger charge is 2.46. The molecule has 2 aliphatic heterocycles. The lowest BCUT2D eigenvalue weighted by atomic mass is 9.85. The number of ketones is 1. The number of hydrogen-bond acceptors (Lipinski definition) is 4. The van der Waals surface area contributed by atoms with Crippen LogP contribution in [-0.2, 0) is 4.74 Å². The highest BCUT2D eigenvalue weighted by Crippen LogP contribution is 2.41. The molecule has 1 aromatic rings. The number of carbonyl (C=O) groups is 1. The van der Waals surface area contributed by atoms with Crippen molar-refractivity contribution in [3.63, 3.8) is 0 Å². The van der Waals surface area contributed by atoms with Crippen molar-refractivity contribution >= 4 is 5.78 Å². The Hall–Kier alpha value is -1.36. The van der Waals surface area contributed by atoms with Crippen LogP contribution in [0, 0.1) is 5.92 Å². The molecule has 3 atom stereocenters. The second-order valence-corrected chi connectivity index (χ2v) is 5.68. The van der Waals surface area contributed by atoms with Gasteiger partial charge >= 0.3 is 0 Å². The smallest absolute Gasteiger partial charge is 0.190 e. The van der Waals surface area contributed by atoms with Gasteiger partial charge < -0.3 is 9.47 Å². The summed E-state index contributed by atoms with van der Waals surface area (Å²) in [5.74, 6) is 0.665. The molecule has 0 spiro atoms. The minimum absolute atomic E-state index is 0.0261. The molecule has 0 N–H and O–H groups in total. The molecule has 0 aliphatic carbocycles. The number of methoxy groups -OCH3 is 1. The molecule has 3 heterocycles. The minimum atomic E-state index is -0.0261. The van der Waals surface area contributed by atoms with Gasteiger partial charge in [-0.1, -0.05) is 0 Å². The van der Waals surface area contributed by atoms with E-state index in [2.05, 4.69) is 5.10 Å². The van der Waals surface area contributed by atoms with Crippen LogP contribution in [0.5, 0.6) is 5.75 Å². The van der Waals surface area contributed by atoms with Crippen molar-refractivity contribution in [3.8, 4) is 5.75 Å². The SMILES string of the molecule is COc1cnn(C(C)C)c1C(=O)C1CC2CCC1O2. The molecule has 0 aromatic carbocycles. The summed E-state index contributed by atoms with van der Waals surface area (Å²) in [6.07, 6.45) is 4.93. The van der Waals surface area contributed by atoms with Crippen molar-refractivity contribution in [2.75, 3.05) is 7.11 Å². The van der Waals surface area contributed by atoms with Crippen molar-refractivity contribution < 1.29 is 14.3 Å². The van der Waals surface area contributed by atoms with Crippen LogP contribution in [0.3, 0.4) is 0 Å². The van der Waals surface area contributed by atoms with E-state index in [0.29, 0.717) is 11.4 Å². The summed E-state index contributed by atoms with van der Waals surface area (Å²) in [6, 6.07) is 0.141. The molecule has 2 bridgehead atoms. The Morgan fingerprint density at radius 1 is 1.53 bits per heavy atom. The third kappa shape index (κ3) is 1.96. The number of fused-ring (bicyclic) bond motifs is 2. The molecule has 0 radical (unpaired) electrons. The first-order valence-corrected chi connectivity index (χ1v) is 6.93. The van der Waals surface area contributed by atoms with Gasteiger partial charge in [0.2, 0.25) is 0 Å². The maximum atomic E-state index is 12.8.